The van der Waals surface area contributed by atoms with Crippen LogP contribution in [0.2, 0.25) is 0 Å². The lowest BCUT2D eigenvalue weighted by atomic mass is 10.3. The van der Waals surface area contributed by atoms with Gasteiger partial charge < -0.3 is 4.74 Å². The van der Waals surface area contributed by atoms with Crippen molar-refractivity contribution in [1.29, 1.82) is 0 Å². The highest BCUT2D eigenvalue weighted by molar-refractivity contribution is 5.34. The third-order valence-electron chi connectivity index (χ3n) is 1.66. The van der Waals surface area contributed by atoms with Crippen LogP contribution in [0.1, 0.15) is 13.8 Å². The summed E-state index contributed by atoms with van der Waals surface area (Å²) in [5.74, 6) is 0. The number of azo groups is 1. The summed E-state index contributed by atoms with van der Waals surface area (Å²) in [5, 5.41) is 8.10. The molecule has 0 heterocycles. The first kappa shape index (κ1) is 9.86. The number of ether oxygens (including phenoxy) is 1. The molecular formula is C10H14N2O. The average Bonchev–Trinajstić information content (AvgIpc) is 2.17. The predicted octanol–water partition coefficient (Wildman–Crippen LogP) is 3.15. The molecule has 0 spiro atoms. The number of rotatable bonds is 3. The van der Waals surface area contributed by atoms with Crippen LogP contribution in [0.3, 0.4) is 0 Å². The van der Waals surface area contributed by atoms with Crippen molar-refractivity contribution >= 4 is 5.69 Å². The van der Waals surface area contributed by atoms with E-state index in [0.29, 0.717) is 0 Å². The quantitative estimate of drug-likeness (QED) is 0.654. The minimum absolute atomic E-state index is 0.546. The zero-order valence-electron chi connectivity index (χ0n) is 8.19. The molecule has 70 valence electrons. The first-order valence-corrected chi connectivity index (χ1v) is 4.17. The van der Waals surface area contributed by atoms with Crippen LogP contribution in [0, 0.1) is 0 Å². The molecule has 0 saturated heterocycles. The highest BCUT2D eigenvalue weighted by atomic mass is 16.5. The molecule has 3 heteroatoms. The van der Waals surface area contributed by atoms with Crippen LogP contribution in [0.25, 0.3) is 0 Å². The zero-order valence-corrected chi connectivity index (χ0v) is 8.19. The van der Waals surface area contributed by atoms with Crippen molar-refractivity contribution in [3.63, 3.8) is 0 Å². The molecule has 1 rings (SSSR count). The molecule has 0 amide bonds. The van der Waals surface area contributed by atoms with Crippen LogP contribution in [-0.4, -0.2) is 12.8 Å². The number of benzene rings is 1. The Labute approximate surface area is 78.5 Å². The molecular weight excluding hydrogens is 164 g/mol. The lowest BCUT2D eigenvalue weighted by Gasteiger charge is -2.14. The third kappa shape index (κ3) is 3.34. The van der Waals surface area contributed by atoms with Gasteiger partial charge in [0.15, 0.2) is 5.72 Å². The molecule has 13 heavy (non-hydrogen) atoms. The molecule has 0 fully saturated rings. The van der Waals surface area contributed by atoms with Gasteiger partial charge in [0.25, 0.3) is 0 Å². The van der Waals surface area contributed by atoms with Crippen molar-refractivity contribution in [1.82, 2.24) is 0 Å². The van der Waals surface area contributed by atoms with Gasteiger partial charge in [0, 0.05) is 7.11 Å². The maximum Gasteiger partial charge on any atom is 0.173 e. The fourth-order valence-electron chi connectivity index (χ4n) is 0.714. The first-order chi connectivity index (χ1) is 6.14. The molecule has 0 unspecified atom stereocenters. The molecule has 3 nitrogen and oxygen atoms in total. The minimum Gasteiger partial charge on any atom is -0.356 e. The maximum absolute atomic E-state index is 5.10. The summed E-state index contributed by atoms with van der Waals surface area (Å²) in [7, 11) is 1.62. The Morgan fingerprint density at radius 3 is 2.31 bits per heavy atom. The SMILES string of the molecule is COC(C)(C)N=Nc1ccccc1. The standard InChI is InChI=1S/C10H14N2O/c1-10(2,13-3)12-11-9-7-5-4-6-8-9/h4-8H,1-3H3. The van der Waals surface area contributed by atoms with E-state index < -0.39 is 5.72 Å². The minimum atomic E-state index is -0.546. The lowest BCUT2D eigenvalue weighted by Crippen LogP contribution is -2.17. The van der Waals surface area contributed by atoms with E-state index in [-0.39, 0.29) is 0 Å². The van der Waals surface area contributed by atoms with Crippen molar-refractivity contribution < 1.29 is 4.74 Å². The fourth-order valence-corrected chi connectivity index (χ4v) is 0.714. The Morgan fingerprint density at radius 1 is 1.15 bits per heavy atom. The smallest absolute Gasteiger partial charge is 0.173 e. The number of nitrogens with zero attached hydrogens (tertiary/aromatic N) is 2. The van der Waals surface area contributed by atoms with Crippen molar-refractivity contribution in [3.05, 3.63) is 30.3 Å². The Kier molecular flexibility index (Phi) is 3.14. The second-order valence-corrected chi connectivity index (χ2v) is 3.19. The molecule has 0 atom stereocenters. The fraction of sp³-hybridized carbons (Fsp3) is 0.400. The van der Waals surface area contributed by atoms with Gasteiger partial charge in [-0.2, -0.15) is 10.2 Å². The molecule has 0 aromatic heterocycles. The van der Waals surface area contributed by atoms with Crippen LogP contribution in [0.15, 0.2) is 40.6 Å². The van der Waals surface area contributed by atoms with E-state index >= 15 is 0 Å². The molecule has 0 saturated carbocycles. The van der Waals surface area contributed by atoms with E-state index in [2.05, 4.69) is 10.2 Å². The Hall–Kier alpha value is -1.22. The van der Waals surface area contributed by atoms with Gasteiger partial charge in [-0.3, -0.25) is 0 Å². The first-order valence-electron chi connectivity index (χ1n) is 4.17. The number of hydrogen-bond acceptors (Lipinski definition) is 3. The highest BCUT2D eigenvalue weighted by Crippen LogP contribution is 2.16. The summed E-state index contributed by atoms with van der Waals surface area (Å²) in [4.78, 5) is 0. The number of methoxy groups -OCH3 is 1. The Bertz CT molecular complexity index is 280. The van der Waals surface area contributed by atoms with E-state index in [9.17, 15) is 0 Å². The molecule has 0 aliphatic rings. The summed E-state index contributed by atoms with van der Waals surface area (Å²) in [6.45, 7) is 3.72. The topological polar surface area (TPSA) is 34.0 Å². The molecule has 0 bridgehead atoms. The monoisotopic (exact) mass is 178 g/mol. The van der Waals surface area contributed by atoms with E-state index in [1.165, 1.54) is 0 Å². The normalized spacial score (nSPS) is 12.2. The van der Waals surface area contributed by atoms with Crippen LogP contribution < -0.4 is 0 Å². The number of hydrogen-bond donors (Lipinski definition) is 0. The molecule has 1 aromatic rings. The molecule has 0 radical (unpaired) electrons. The van der Waals surface area contributed by atoms with E-state index in [1.807, 2.05) is 44.2 Å². The van der Waals surface area contributed by atoms with Crippen molar-refractivity contribution in [2.45, 2.75) is 19.6 Å². The third-order valence-corrected chi connectivity index (χ3v) is 1.66. The van der Waals surface area contributed by atoms with Crippen molar-refractivity contribution in [3.8, 4) is 0 Å². The van der Waals surface area contributed by atoms with Crippen LogP contribution in [0.4, 0.5) is 5.69 Å². The Balaban J connectivity index is 2.69. The van der Waals surface area contributed by atoms with Gasteiger partial charge in [-0.1, -0.05) is 18.2 Å². The van der Waals surface area contributed by atoms with Gasteiger partial charge in [0.1, 0.15) is 0 Å². The molecule has 1 aromatic carbocycles. The van der Waals surface area contributed by atoms with Gasteiger partial charge >= 0.3 is 0 Å². The average molecular weight is 178 g/mol. The largest absolute Gasteiger partial charge is 0.356 e. The van der Waals surface area contributed by atoms with Gasteiger partial charge in [-0.05, 0) is 26.0 Å². The highest BCUT2D eigenvalue weighted by Gasteiger charge is 2.13. The zero-order chi connectivity index (χ0) is 9.73. The molecule has 0 aliphatic carbocycles. The predicted molar refractivity (Wildman–Crippen MR) is 52.0 cm³/mol. The summed E-state index contributed by atoms with van der Waals surface area (Å²) >= 11 is 0. The van der Waals surface area contributed by atoms with Crippen molar-refractivity contribution in [2.24, 2.45) is 10.2 Å². The van der Waals surface area contributed by atoms with E-state index in [4.69, 9.17) is 4.74 Å². The van der Waals surface area contributed by atoms with Crippen molar-refractivity contribution in [2.75, 3.05) is 7.11 Å². The summed E-state index contributed by atoms with van der Waals surface area (Å²) in [5.41, 5.74) is 0.295. The van der Waals surface area contributed by atoms with Crippen LogP contribution in [-0.2, 0) is 4.74 Å². The summed E-state index contributed by atoms with van der Waals surface area (Å²) in [6.07, 6.45) is 0. The van der Waals surface area contributed by atoms with Gasteiger partial charge in [-0.25, -0.2) is 0 Å². The molecule has 0 aliphatic heterocycles. The summed E-state index contributed by atoms with van der Waals surface area (Å²) in [6, 6.07) is 9.59. The maximum atomic E-state index is 5.10. The van der Waals surface area contributed by atoms with Gasteiger partial charge in [0.2, 0.25) is 0 Å². The second kappa shape index (κ2) is 4.14. The van der Waals surface area contributed by atoms with E-state index in [1.54, 1.807) is 7.11 Å². The van der Waals surface area contributed by atoms with Gasteiger partial charge in [-0.15, -0.1) is 0 Å². The second-order valence-electron chi connectivity index (χ2n) is 3.19. The molecule has 0 N–H and O–H groups in total. The van der Waals surface area contributed by atoms with Gasteiger partial charge in [0.05, 0.1) is 5.69 Å². The van der Waals surface area contributed by atoms with E-state index in [0.717, 1.165) is 5.69 Å². The lowest BCUT2D eigenvalue weighted by molar-refractivity contribution is 0.0249. The van der Waals surface area contributed by atoms with Crippen LogP contribution >= 0.6 is 0 Å². The Morgan fingerprint density at radius 2 is 1.77 bits per heavy atom. The summed E-state index contributed by atoms with van der Waals surface area (Å²) < 4.78 is 5.10. The van der Waals surface area contributed by atoms with Crippen LogP contribution in [0.5, 0.6) is 0 Å².